The van der Waals surface area contributed by atoms with E-state index in [1.54, 1.807) is 0 Å². The van der Waals surface area contributed by atoms with Crippen molar-refractivity contribution >= 4 is 17.7 Å². The SMILES string of the molecule is CCCCCCNC(=O)CSc1nnnn1CC(F)(F)F. The van der Waals surface area contributed by atoms with Crippen molar-refractivity contribution in [1.29, 1.82) is 0 Å². The van der Waals surface area contributed by atoms with Gasteiger partial charge in [0.2, 0.25) is 11.1 Å². The van der Waals surface area contributed by atoms with E-state index in [0.29, 0.717) is 11.2 Å². The highest BCUT2D eigenvalue weighted by molar-refractivity contribution is 7.99. The fraction of sp³-hybridized carbons (Fsp3) is 0.818. The minimum absolute atomic E-state index is 0.00793. The number of alkyl halides is 3. The molecule has 21 heavy (non-hydrogen) atoms. The standard InChI is InChI=1S/C11H18F3N5OS/c1-2-3-4-5-6-15-9(20)7-21-10-16-17-18-19(10)8-11(12,13)14/h2-8H2,1H3,(H,15,20). The Hall–Kier alpha value is -1.32. The second-order valence-electron chi connectivity index (χ2n) is 4.43. The van der Waals surface area contributed by atoms with Crippen LogP contribution in [0, 0.1) is 0 Å². The molecule has 6 nitrogen and oxygen atoms in total. The van der Waals surface area contributed by atoms with Crippen molar-refractivity contribution in [3.05, 3.63) is 0 Å². The number of hydrogen-bond acceptors (Lipinski definition) is 5. The van der Waals surface area contributed by atoms with E-state index in [1.165, 1.54) is 0 Å². The number of nitrogens with one attached hydrogen (secondary N) is 1. The van der Waals surface area contributed by atoms with Crippen LogP contribution >= 0.6 is 11.8 Å². The van der Waals surface area contributed by atoms with E-state index in [2.05, 4.69) is 27.8 Å². The number of thioether (sulfide) groups is 1. The van der Waals surface area contributed by atoms with Gasteiger partial charge in [-0.2, -0.15) is 13.2 Å². The molecule has 0 unspecified atom stereocenters. The van der Waals surface area contributed by atoms with Crippen LogP contribution in [0.5, 0.6) is 0 Å². The van der Waals surface area contributed by atoms with Crippen molar-refractivity contribution in [3.63, 3.8) is 0 Å². The van der Waals surface area contributed by atoms with Gasteiger partial charge in [-0.3, -0.25) is 4.79 Å². The zero-order valence-electron chi connectivity index (χ0n) is 11.7. The van der Waals surface area contributed by atoms with E-state index < -0.39 is 12.7 Å². The summed E-state index contributed by atoms with van der Waals surface area (Å²) < 4.78 is 37.4. The fourth-order valence-electron chi connectivity index (χ4n) is 1.53. The third-order valence-corrected chi connectivity index (χ3v) is 3.47. The Labute approximate surface area is 124 Å². The van der Waals surface area contributed by atoms with Crippen molar-refractivity contribution in [1.82, 2.24) is 25.5 Å². The Morgan fingerprint density at radius 3 is 2.76 bits per heavy atom. The van der Waals surface area contributed by atoms with Crippen molar-refractivity contribution in [2.24, 2.45) is 0 Å². The van der Waals surface area contributed by atoms with E-state index in [4.69, 9.17) is 0 Å². The molecule has 120 valence electrons. The normalized spacial score (nSPS) is 11.6. The van der Waals surface area contributed by atoms with Crippen LogP contribution < -0.4 is 5.32 Å². The number of hydrogen-bond donors (Lipinski definition) is 1. The van der Waals surface area contributed by atoms with Gasteiger partial charge in [0.25, 0.3) is 0 Å². The van der Waals surface area contributed by atoms with E-state index in [9.17, 15) is 18.0 Å². The molecular formula is C11H18F3N5OS. The van der Waals surface area contributed by atoms with Crippen LogP contribution in [0.3, 0.4) is 0 Å². The molecule has 1 aromatic rings. The van der Waals surface area contributed by atoms with Crippen LogP contribution in [-0.4, -0.2) is 44.6 Å². The molecule has 0 fully saturated rings. The molecule has 1 heterocycles. The summed E-state index contributed by atoms with van der Waals surface area (Å²) in [7, 11) is 0. The summed E-state index contributed by atoms with van der Waals surface area (Å²) in [6.07, 6.45) is -0.210. The molecule has 0 atom stereocenters. The lowest BCUT2D eigenvalue weighted by atomic mass is 10.2. The van der Waals surface area contributed by atoms with Crippen LogP contribution in [0.4, 0.5) is 13.2 Å². The summed E-state index contributed by atoms with van der Waals surface area (Å²) in [5.41, 5.74) is 0. The molecular weight excluding hydrogens is 307 g/mol. The van der Waals surface area contributed by atoms with Gasteiger partial charge in [0.1, 0.15) is 6.54 Å². The summed E-state index contributed by atoms with van der Waals surface area (Å²) in [6, 6.07) is 0. The maximum absolute atomic E-state index is 12.3. The van der Waals surface area contributed by atoms with Crippen molar-refractivity contribution in [2.75, 3.05) is 12.3 Å². The maximum Gasteiger partial charge on any atom is 0.408 e. The van der Waals surface area contributed by atoms with E-state index in [-0.39, 0.29) is 16.8 Å². The van der Waals surface area contributed by atoms with Crippen LogP contribution in [0.2, 0.25) is 0 Å². The number of carbonyl (C=O) groups is 1. The van der Waals surface area contributed by atoms with Gasteiger partial charge in [0, 0.05) is 6.54 Å². The molecule has 1 amide bonds. The summed E-state index contributed by atoms with van der Waals surface area (Å²) in [4.78, 5) is 11.5. The third kappa shape index (κ3) is 7.88. The number of carbonyl (C=O) groups excluding carboxylic acids is 1. The number of nitrogens with zero attached hydrogens (tertiary/aromatic N) is 4. The molecule has 0 saturated heterocycles. The van der Waals surface area contributed by atoms with Gasteiger partial charge in [-0.25, -0.2) is 4.68 Å². The second-order valence-corrected chi connectivity index (χ2v) is 5.38. The van der Waals surface area contributed by atoms with Crippen molar-refractivity contribution in [2.45, 2.75) is 50.5 Å². The van der Waals surface area contributed by atoms with Gasteiger partial charge in [-0.1, -0.05) is 37.9 Å². The Balaban J connectivity index is 2.28. The quantitative estimate of drug-likeness (QED) is 0.555. The van der Waals surface area contributed by atoms with E-state index in [0.717, 1.165) is 37.4 Å². The molecule has 0 saturated carbocycles. The van der Waals surface area contributed by atoms with Crippen LogP contribution in [-0.2, 0) is 11.3 Å². The van der Waals surface area contributed by atoms with E-state index in [1.807, 2.05) is 0 Å². The lowest BCUT2D eigenvalue weighted by molar-refractivity contribution is -0.144. The molecule has 0 aliphatic heterocycles. The first-order valence-electron chi connectivity index (χ1n) is 6.65. The smallest absolute Gasteiger partial charge is 0.355 e. The first-order valence-corrected chi connectivity index (χ1v) is 7.63. The Kier molecular flexibility index (Phi) is 7.48. The third-order valence-electron chi connectivity index (χ3n) is 2.51. The van der Waals surface area contributed by atoms with Crippen LogP contribution in [0.1, 0.15) is 32.6 Å². The molecule has 1 aromatic heterocycles. The monoisotopic (exact) mass is 325 g/mol. The Morgan fingerprint density at radius 1 is 1.33 bits per heavy atom. The Morgan fingerprint density at radius 2 is 2.10 bits per heavy atom. The predicted molar refractivity (Wildman–Crippen MR) is 71.7 cm³/mol. The highest BCUT2D eigenvalue weighted by Gasteiger charge is 2.30. The lowest BCUT2D eigenvalue weighted by Crippen LogP contribution is -2.26. The average Bonchev–Trinajstić information content (AvgIpc) is 2.81. The Bertz CT molecular complexity index is 438. The second kappa shape index (κ2) is 8.85. The van der Waals surface area contributed by atoms with Crippen LogP contribution in [0.25, 0.3) is 0 Å². The lowest BCUT2D eigenvalue weighted by Gasteiger charge is -2.07. The maximum atomic E-state index is 12.3. The molecule has 10 heteroatoms. The summed E-state index contributed by atoms with van der Waals surface area (Å²) in [5, 5.41) is 12.6. The average molecular weight is 325 g/mol. The predicted octanol–water partition coefficient (Wildman–Crippen LogP) is 2.02. The largest absolute Gasteiger partial charge is 0.408 e. The number of aromatic nitrogens is 4. The highest BCUT2D eigenvalue weighted by atomic mass is 32.2. The summed E-state index contributed by atoms with van der Waals surface area (Å²) >= 11 is 0.886. The number of tetrazole rings is 1. The summed E-state index contributed by atoms with van der Waals surface area (Å²) in [5.74, 6) is -0.246. The van der Waals surface area contributed by atoms with Crippen molar-refractivity contribution < 1.29 is 18.0 Å². The summed E-state index contributed by atoms with van der Waals surface area (Å²) in [6.45, 7) is 1.41. The van der Waals surface area contributed by atoms with Gasteiger partial charge in [-0.05, 0) is 16.8 Å². The van der Waals surface area contributed by atoms with Gasteiger partial charge >= 0.3 is 6.18 Å². The first-order chi connectivity index (χ1) is 9.92. The van der Waals surface area contributed by atoms with Gasteiger partial charge in [0.05, 0.1) is 5.75 Å². The fourth-order valence-corrected chi connectivity index (χ4v) is 2.24. The number of unbranched alkanes of at least 4 members (excludes halogenated alkanes) is 3. The zero-order chi connectivity index (χ0) is 15.7. The van der Waals surface area contributed by atoms with Gasteiger partial charge < -0.3 is 5.32 Å². The molecule has 0 spiro atoms. The number of rotatable bonds is 9. The topological polar surface area (TPSA) is 72.7 Å². The minimum atomic E-state index is -4.40. The minimum Gasteiger partial charge on any atom is -0.355 e. The molecule has 0 aliphatic rings. The van der Waals surface area contributed by atoms with E-state index >= 15 is 0 Å². The van der Waals surface area contributed by atoms with Gasteiger partial charge in [0.15, 0.2) is 0 Å². The zero-order valence-corrected chi connectivity index (χ0v) is 12.5. The highest BCUT2D eigenvalue weighted by Crippen LogP contribution is 2.20. The van der Waals surface area contributed by atoms with Crippen molar-refractivity contribution in [3.8, 4) is 0 Å². The number of amides is 1. The first kappa shape index (κ1) is 17.7. The molecule has 1 N–H and O–H groups in total. The molecule has 0 bridgehead atoms. The number of halogens is 3. The molecule has 0 aromatic carbocycles. The molecule has 0 radical (unpaired) electrons. The molecule has 1 rings (SSSR count). The molecule has 0 aliphatic carbocycles. The van der Waals surface area contributed by atoms with Crippen LogP contribution in [0.15, 0.2) is 5.16 Å². The van der Waals surface area contributed by atoms with Gasteiger partial charge in [-0.15, -0.1) is 5.10 Å².